The van der Waals surface area contributed by atoms with Gasteiger partial charge in [0.1, 0.15) is 5.75 Å². The molecule has 3 aromatic rings. The SMILES string of the molecule is COc1ccc(CC(=O)NCc2cncc(-c3cccs3)c2)cc1. The van der Waals surface area contributed by atoms with E-state index in [1.54, 1.807) is 24.6 Å². The minimum atomic E-state index is -0.0123. The largest absolute Gasteiger partial charge is 0.497 e. The van der Waals surface area contributed by atoms with Gasteiger partial charge in [-0.2, -0.15) is 0 Å². The Morgan fingerprint density at radius 2 is 2.00 bits per heavy atom. The van der Waals surface area contributed by atoms with Gasteiger partial charge in [-0.3, -0.25) is 9.78 Å². The monoisotopic (exact) mass is 338 g/mol. The van der Waals surface area contributed by atoms with Gasteiger partial charge in [-0.15, -0.1) is 11.3 Å². The van der Waals surface area contributed by atoms with E-state index >= 15 is 0 Å². The van der Waals surface area contributed by atoms with Crippen LogP contribution in [0.3, 0.4) is 0 Å². The summed E-state index contributed by atoms with van der Waals surface area (Å²) in [5.41, 5.74) is 3.02. The molecule has 122 valence electrons. The number of hydrogen-bond acceptors (Lipinski definition) is 4. The summed E-state index contributed by atoms with van der Waals surface area (Å²) >= 11 is 1.68. The topological polar surface area (TPSA) is 51.2 Å². The van der Waals surface area contributed by atoms with E-state index in [-0.39, 0.29) is 5.91 Å². The zero-order valence-electron chi connectivity index (χ0n) is 13.4. The summed E-state index contributed by atoms with van der Waals surface area (Å²) in [6, 6.07) is 13.7. The molecule has 0 fully saturated rings. The molecular formula is C19H18N2O2S. The number of aromatic nitrogens is 1. The average Bonchev–Trinajstić information content (AvgIpc) is 3.16. The van der Waals surface area contributed by atoms with Gasteiger partial charge in [0.05, 0.1) is 13.5 Å². The molecule has 0 atom stereocenters. The molecule has 0 saturated carbocycles. The maximum absolute atomic E-state index is 12.1. The van der Waals surface area contributed by atoms with Gasteiger partial charge in [0.15, 0.2) is 0 Å². The van der Waals surface area contributed by atoms with Gasteiger partial charge in [0.2, 0.25) is 5.91 Å². The minimum absolute atomic E-state index is 0.0123. The summed E-state index contributed by atoms with van der Waals surface area (Å²) < 4.78 is 5.11. The molecule has 2 aromatic heterocycles. The second kappa shape index (κ2) is 7.75. The van der Waals surface area contributed by atoms with Crippen molar-refractivity contribution in [2.45, 2.75) is 13.0 Å². The fourth-order valence-corrected chi connectivity index (χ4v) is 3.06. The number of thiophene rings is 1. The van der Waals surface area contributed by atoms with E-state index in [0.717, 1.165) is 22.4 Å². The third-order valence-electron chi connectivity index (χ3n) is 3.61. The van der Waals surface area contributed by atoms with E-state index < -0.39 is 0 Å². The molecule has 0 saturated heterocycles. The normalized spacial score (nSPS) is 10.4. The number of hydrogen-bond donors (Lipinski definition) is 1. The Bertz CT molecular complexity index is 798. The highest BCUT2D eigenvalue weighted by molar-refractivity contribution is 7.13. The van der Waals surface area contributed by atoms with E-state index in [2.05, 4.69) is 22.4 Å². The lowest BCUT2D eigenvalue weighted by molar-refractivity contribution is -0.120. The molecule has 2 heterocycles. The van der Waals surface area contributed by atoms with E-state index in [9.17, 15) is 4.79 Å². The van der Waals surface area contributed by atoms with Crippen molar-refractivity contribution in [3.8, 4) is 16.2 Å². The van der Waals surface area contributed by atoms with Crippen molar-refractivity contribution < 1.29 is 9.53 Å². The molecule has 0 bridgehead atoms. The molecule has 0 spiro atoms. The van der Waals surface area contributed by atoms with Crippen LogP contribution in [0.2, 0.25) is 0 Å². The zero-order chi connectivity index (χ0) is 16.8. The summed E-state index contributed by atoms with van der Waals surface area (Å²) in [4.78, 5) is 17.5. The molecule has 0 aliphatic carbocycles. The molecule has 1 amide bonds. The Hall–Kier alpha value is -2.66. The summed E-state index contributed by atoms with van der Waals surface area (Å²) in [5, 5.41) is 4.98. The summed E-state index contributed by atoms with van der Waals surface area (Å²) in [5.74, 6) is 0.775. The Morgan fingerprint density at radius 1 is 1.17 bits per heavy atom. The predicted octanol–water partition coefficient (Wildman–Crippen LogP) is 3.68. The van der Waals surface area contributed by atoms with Gasteiger partial charge in [0, 0.05) is 29.4 Å². The number of pyridine rings is 1. The molecule has 0 aliphatic heterocycles. The highest BCUT2D eigenvalue weighted by Crippen LogP contribution is 2.24. The van der Waals surface area contributed by atoms with E-state index in [1.807, 2.05) is 41.9 Å². The smallest absolute Gasteiger partial charge is 0.224 e. The summed E-state index contributed by atoms with van der Waals surface area (Å²) in [6.07, 6.45) is 3.97. The number of methoxy groups -OCH3 is 1. The number of ether oxygens (including phenoxy) is 1. The van der Waals surface area contributed by atoms with Crippen LogP contribution in [0, 0.1) is 0 Å². The average molecular weight is 338 g/mol. The maximum atomic E-state index is 12.1. The number of benzene rings is 1. The zero-order valence-corrected chi connectivity index (χ0v) is 14.2. The van der Waals surface area contributed by atoms with Gasteiger partial charge >= 0.3 is 0 Å². The second-order valence-electron chi connectivity index (χ2n) is 5.36. The van der Waals surface area contributed by atoms with Crippen molar-refractivity contribution in [3.05, 3.63) is 71.4 Å². The molecule has 1 N–H and O–H groups in total. The standard InChI is InChI=1S/C19H18N2O2S/c1-23-17-6-4-14(5-7-17)10-19(22)21-12-15-9-16(13-20-11-15)18-3-2-8-24-18/h2-9,11,13H,10,12H2,1H3,(H,21,22). The lowest BCUT2D eigenvalue weighted by Gasteiger charge is -2.07. The highest BCUT2D eigenvalue weighted by Gasteiger charge is 2.05. The number of rotatable bonds is 6. The predicted molar refractivity (Wildman–Crippen MR) is 96.1 cm³/mol. The molecule has 4 nitrogen and oxygen atoms in total. The highest BCUT2D eigenvalue weighted by atomic mass is 32.1. The fraction of sp³-hybridized carbons (Fsp3) is 0.158. The van der Waals surface area contributed by atoms with Crippen molar-refractivity contribution in [1.29, 1.82) is 0 Å². The van der Waals surface area contributed by atoms with Crippen LogP contribution in [-0.4, -0.2) is 18.0 Å². The first-order chi connectivity index (χ1) is 11.7. The van der Waals surface area contributed by atoms with Crippen LogP contribution in [0.25, 0.3) is 10.4 Å². The first-order valence-corrected chi connectivity index (χ1v) is 8.50. The van der Waals surface area contributed by atoms with Crippen LogP contribution in [0.4, 0.5) is 0 Å². The van der Waals surface area contributed by atoms with Crippen molar-refractivity contribution in [2.75, 3.05) is 7.11 Å². The molecule has 3 rings (SSSR count). The van der Waals surface area contributed by atoms with Crippen LogP contribution < -0.4 is 10.1 Å². The number of carbonyl (C=O) groups is 1. The quantitative estimate of drug-likeness (QED) is 0.746. The lowest BCUT2D eigenvalue weighted by atomic mass is 10.1. The third kappa shape index (κ3) is 4.20. The molecule has 1 aromatic carbocycles. The Balaban J connectivity index is 1.57. The van der Waals surface area contributed by atoms with Gasteiger partial charge < -0.3 is 10.1 Å². The number of nitrogens with zero attached hydrogens (tertiary/aromatic N) is 1. The third-order valence-corrected chi connectivity index (χ3v) is 4.53. The van der Waals surface area contributed by atoms with Gasteiger partial charge in [-0.05, 0) is 40.8 Å². The van der Waals surface area contributed by atoms with Gasteiger partial charge in [-0.1, -0.05) is 18.2 Å². The molecule has 5 heteroatoms. The Labute approximate surface area is 145 Å². The molecule has 24 heavy (non-hydrogen) atoms. The molecule has 0 aliphatic rings. The fourth-order valence-electron chi connectivity index (χ4n) is 2.35. The molecular weight excluding hydrogens is 320 g/mol. The van der Waals surface area contributed by atoms with Crippen LogP contribution in [-0.2, 0) is 17.8 Å². The number of carbonyl (C=O) groups excluding carboxylic acids is 1. The Morgan fingerprint density at radius 3 is 2.71 bits per heavy atom. The summed E-state index contributed by atoms with van der Waals surface area (Å²) in [7, 11) is 1.63. The van der Waals surface area contributed by atoms with Crippen molar-refractivity contribution >= 4 is 17.2 Å². The first kappa shape index (κ1) is 16.2. The van der Waals surface area contributed by atoms with Crippen LogP contribution >= 0.6 is 11.3 Å². The first-order valence-electron chi connectivity index (χ1n) is 7.62. The van der Waals surface area contributed by atoms with E-state index in [4.69, 9.17) is 4.74 Å². The van der Waals surface area contributed by atoms with Crippen LogP contribution in [0.15, 0.2) is 60.2 Å². The van der Waals surface area contributed by atoms with E-state index in [0.29, 0.717) is 13.0 Å². The van der Waals surface area contributed by atoms with Crippen LogP contribution in [0.1, 0.15) is 11.1 Å². The molecule has 0 unspecified atom stereocenters. The van der Waals surface area contributed by atoms with Gasteiger partial charge in [-0.25, -0.2) is 0 Å². The van der Waals surface area contributed by atoms with Crippen molar-refractivity contribution in [2.24, 2.45) is 0 Å². The van der Waals surface area contributed by atoms with Crippen LogP contribution in [0.5, 0.6) is 5.75 Å². The minimum Gasteiger partial charge on any atom is -0.497 e. The van der Waals surface area contributed by atoms with Gasteiger partial charge in [0.25, 0.3) is 0 Å². The maximum Gasteiger partial charge on any atom is 0.224 e. The lowest BCUT2D eigenvalue weighted by Crippen LogP contribution is -2.24. The van der Waals surface area contributed by atoms with Crippen molar-refractivity contribution in [3.63, 3.8) is 0 Å². The molecule has 0 radical (unpaired) electrons. The number of nitrogens with one attached hydrogen (secondary N) is 1. The summed E-state index contributed by atoms with van der Waals surface area (Å²) in [6.45, 7) is 0.473. The second-order valence-corrected chi connectivity index (χ2v) is 6.31. The number of amides is 1. The van der Waals surface area contributed by atoms with E-state index in [1.165, 1.54) is 4.88 Å². The Kier molecular flexibility index (Phi) is 5.23. The van der Waals surface area contributed by atoms with Crippen molar-refractivity contribution in [1.82, 2.24) is 10.3 Å².